The van der Waals surface area contributed by atoms with Crippen LogP contribution in [0.1, 0.15) is 11.1 Å². The van der Waals surface area contributed by atoms with Crippen molar-refractivity contribution in [1.82, 2.24) is 0 Å². The van der Waals surface area contributed by atoms with Crippen LogP contribution >= 0.6 is 0 Å². The average Bonchev–Trinajstić information content (AvgIpc) is 2.67. The lowest BCUT2D eigenvalue weighted by Gasteiger charge is -2.19. The van der Waals surface area contributed by atoms with Crippen molar-refractivity contribution in [3.05, 3.63) is 65.0 Å². The molecule has 96 valence electrons. The van der Waals surface area contributed by atoms with Crippen molar-refractivity contribution in [3.8, 4) is 0 Å². The molecule has 0 atom stereocenters. The Morgan fingerprint density at radius 1 is 1.00 bits per heavy atom. The van der Waals surface area contributed by atoms with Crippen LogP contribution in [0.2, 0.25) is 0 Å². The summed E-state index contributed by atoms with van der Waals surface area (Å²) in [7, 11) is 0. The van der Waals surface area contributed by atoms with Crippen LogP contribution in [0.25, 0.3) is 0 Å². The van der Waals surface area contributed by atoms with E-state index in [1.165, 1.54) is 29.2 Å². The van der Waals surface area contributed by atoms with Gasteiger partial charge in [0.15, 0.2) is 0 Å². The van der Waals surface area contributed by atoms with Gasteiger partial charge in [0.2, 0.25) is 0 Å². The maximum Gasteiger partial charge on any atom is 0.149 e. The third-order valence-corrected chi connectivity index (χ3v) is 3.13. The first kappa shape index (κ1) is 11.8. The molecule has 0 aliphatic carbocycles. The number of hydrogen-bond donors (Lipinski definition) is 1. The monoisotopic (exact) mass is 262 g/mol. The smallest absolute Gasteiger partial charge is 0.149 e. The second kappa shape index (κ2) is 4.12. The Morgan fingerprint density at radius 3 is 2.37 bits per heavy atom. The molecule has 2 aromatic rings. The van der Waals surface area contributed by atoms with Gasteiger partial charge >= 0.3 is 0 Å². The highest BCUT2D eigenvalue weighted by atomic mass is 19.1. The molecule has 0 spiro atoms. The van der Waals surface area contributed by atoms with E-state index in [4.69, 9.17) is 5.41 Å². The first-order valence-electron chi connectivity index (χ1n) is 5.67. The Labute approximate surface area is 107 Å². The van der Waals surface area contributed by atoms with Crippen molar-refractivity contribution in [1.29, 1.82) is 5.41 Å². The van der Waals surface area contributed by atoms with E-state index in [9.17, 15) is 13.2 Å². The lowest BCUT2D eigenvalue weighted by molar-refractivity contribution is 0.582. The average molecular weight is 262 g/mol. The van der Waals surface area contributed by atoms with Crippen LogP contribution in [0.15, 0.2) is 36.4 Å². The molecule has 0 saturated carbocycles. The minimum absolute atomic E-state index is 0.0986. The first-order chi connectivity index (χ1) is 9.08. The van der Waals surface area contributed by atoms with Crippen LogP contribution < -0.4 is 4.90 Å². The third-order valence-electron chi connectivity index (χ3n) is 3.13. The van der Waals surface area contributed by atoms with Gasteiger partial charge in [0.25, 0.3) is 0 Å². The van der Waals surface area contributed by atoms with Gasteiger partial charge in [-0.15, -0.1) is 0 Å². The topological polar surface area (TPSA) is 27.1 Å². The van der Waals surface area contributed by atoms with Crippen molar-refractivity contribution < 1.29 is 13.2 Å². The molecule has 0 saturated heterocycles. The zero-order valence-electron chi connectivity index (χ0n) is 9.75. The highest BCUT2D eigenvalue weighted by molar-refractivity contribution is 6.11. The number of nitrogens with zero attached hydrogens (tertiary/aromatic N) is 1. The summed E-state index contributed by atoms with van der Waals surface area (Å²) in [5, 5.41) is 7.94. The van der Waals surface area contributed by atoms with Gasteiger partial charge in [0.1, 0.15) is 29.0 Å². The highest BCUT2D eigenvalue weighted by Crippen LogP contribution is 2.32. The van der Waals surface area contributed by atoms with E-state index in [-0.39, 0.29) is 18.1 Å². The minimum Gasteiger partial charge on any atom is -0.317 e. The van der Waals surface area contributed by atoms with Crippen LogP contribution in [0.4, 0.5) is 18.9 Å². The molecule has 3 rings (SSSR count). The van der Waals surface area contributed by atoms with E-state index in [1.807, 2.05) is 0 Å². The molecule has 19 heavy (non-hydrogen) atoms. The van der Waals surface area contributed by atoms with Crippen molar-refractivity contribution in [2.24, 2.45) is 0 Å². The van der Waals surface area contributed by atoms with Crippen LogP contribution in [-0.4, -0.2) is 5.84 Å². The number of para-hydroxylation sites is 1. The number of benzene rings is 2. The van der Waals surface area contributed by atoms with Crippen molar-refractivity contribution in [2.75, 3.05) is 4.90 Å². The lowest BCUT2D eigenvalue weighted by atomic mass is 10.1. The summed E-state index contributed by atoms with van der Waals surface area (Å²) >= 11 is 0. The predicted molar refractivity (Wildman–Crippen MR) is 65.8 cm³/mol. The van der Waals surface area contributed by atoms with Gasteiger partial charge in [0.05, 0.1) is 6.54 Å². The Bertz CT molecular complexity index is 662. The number of rotatable bonds is 1. The standard InChI is InChI=1S/C14H9F3N2/c15-9-5-4-8-7-19(14(18)10(8)6-9)13-11(16)2-1-3-12(13)17/h1-6,18H,7H2. The molecule has 2 nitrogen and oxygen atoms in total. The van der Waals surface area contributed by atoms with Gasteiger partial charge in [-0.25, -0.2) is 13.2 Å². The van der Waals surface area contributed by atoms with Crippen molar-refractivity contribution >= 4 is 11.5 Å². The summed E-state index contributed by atoms with van der Waals surface area (Å²) in [5.41, 5.74) is 0.765. The van der Waals surface area contributed by atoms with Crippen molar-refractivity contribution in [3.63, 3.8) is 0 Å². The Hall–Kier alpha value is -2.30. The number of nitrogens with one attached hydrogen (secondary N) is 1. The van der Waals surface area contributed by atoms with Crippen LogP contribution in [-0.2, 0) is 6.54 Å². The van der Waals surface area contributed by atoms with E-state index in [0.717, 1.165) is 12.1 Å². The molecule has 5 heteroatoms. The summed E-state index contributed by atoms with van der Waals surface area (Å²) in [4.78, 5) is 1.20. The Kier molecular flexibility index (Phi) is 2.55. The molecular formula is C14H9F3N2. The summed E-state index contributed by atoms with van der Waals surface area (Å²) in [6, 6.07) is 7.53. The second-order valence-electron chi connectivity index (χ2n) is 4.31. The first-order valence-corrected chi connectivity index (χ1v) is 5.67. The molecule has 1 N–H and O–H groups in total. The van der Waals surface area contributed by atoms with Gasteiger partial charge in [-0.3, -0.25) is 5.41 Å². The van der Waals surface area contributed by atoms with Crippen molar-refractivity contribution in [2.45, 2.75) is 6.54 Å². The summed E-state index contributed by atoms with van der Waals surface area (Å²) < 4.78 is 40.6. The number of halogens is 3. The fourth-order valence-corrected chi connectivity index (χ4v) is 2.24. The van der Waals surface area contributed by atoms with E-state index >= 15 is 0 Å². The zero-order valence-corrected chi connectivity index (χ0v) is 9.75. The number of hydrogen-bond acceptors (Lipinski definition) is 1. The third kappa shape index (κ3) is 1.78. The molecule has 0 radical (unpaired) electrons. The van der Waals surface area contributed by atoms with E-state index < -0.39 is 17.5 Å². The summed E-state index contributed by atoms with van der Waals surface area (Å²) in [6.45, 7) is 0.159. The molecule has 0 unspecified atom stereocenters. The summed E-state index contributed by atoms with van der Waals surface area (Å²) in [5.74, 6) is -2.05. The molecule has 0 aromatic heterocycles. The minimum atomic E-state index is -0.738. The molecule has 1 heterocycles. The van der Waals surface area contributed by atoms with Gasteiger partial charge in [-0.2, -0.15) is 0 Å². The molecule has 2 aromatic carbocycles. The molecule has 1 aliphatic rings. The Balaban J connectivity index is 2.09. The van der Waals surface area contributed by atoms with E-state index in [2.05, 4.69) is 0 Å². The van der Waals surface area contributed by atoms with Crippen LogP contribution in [0.5, 0.6) is 0 Å². The number of amidine groups is 1. The number of fused-ring (bicyclic) bond motifs is 1. The lowest BCUT2D eigenvalue weighted by Crippen LogP contribution is -2.25. The maximum atomic E-state index is 13.7. The molecular weight excluding hydrogens is 253 g/mol. The second-order valence-corrected chi connectivity index (χ2v) is 4.31. The van der Waals surface area contributed by atoms with Gasteiger partial charge < -0.3 is 4.90 Å². The maximum absolute atomic E-state index is 13.7. The largest absolute Gasteiger partial charge is 0.317 e. The van der Waals surface area contributed by atoms with Gasteiger partial charge in [-0.05, 0) is 29.8 Å². The van der Waals surface area contributed by atoms with Crippen LogP contribution in [0.3, 0.4) is 0 Å². The zero-order chi connectivity index (χ0) is 13.6. The molecule has 0 bridgehead atoms. The number of anilines is 1. The van der Waals surface area contributed by atoms with Gasteiger partial charge in [-0.1, -0.05) is 12.1 Å². The Morgan fingerprint density at radius 2 is 1.68 bits per heavy atom. The summed E-state index contributed by atoms with van der Waals surface area (Å²) in [6.07, 6.45) is 0. The van der Waals surface area contributed by atoms with E-state index in [1.54, 1.807) is 0 Å². The fraction of sp³-hybridized carbons (Fsp3) is 0.0714. The molecule has 0 fully saturated rings. The van der Waals surface area contributed by atoms with E-state index in [0.29, 0.717) is 11.1 Å². The fourth-order valence-electron chi connectivity index (χ4n) is 2.24. The molecule has 1 aliphatic heterocycles. The normalized spacial score (nSPS) is 13.8. The van der Waals surface area contributed by atoms with Crippen LogP contribution in [0, 0.1) is 22.9 Å². The SMILES string of the molecule is N=C1c2cc(F)ccc2CN1c1c(F)cccc1F. The molecule has 0 amide bonds. The van der Waals surface area contributed by atoms with Gasteiger partial charge in [0, 0.05) is 5.56 Å². The predicted octanol–water partition coefficient (Wildman–Crippen LogP) is 3.45. The quantitative estimate of drug-likeness (QED) is 0.837. The highest BCUT2D eigenvalue weighted by Gasteiger charge is 2.29.